The summed E-state index contributed by atoms with van der Waals surface area (Å²) < 4.78 is 6.32. The number of hydrogen-bond donors (Lipinski definition) is 3. The van der Waals surface area contributed by atoms with Gasteiger partial charge in [-0.25, -0.2) is 4.98 Å². The number of morpholine rings is 1. The molecule has 3 rings (SSSR count). The van der Waals surface area contributed by atoms with Gasteiger partial charge in [-0.15, -0.1) is 11.3 Å². The average molecular weight is 547 g/mol. The Balaban J connectivity index is 1.39. The molecule has 1 fully saturated rings. The molecule has 1 unspecified atom stereocenters. The van der Waals surface area contributed by atoms with Crippen molar-refractivity contribution in [2.45, 2.75) is 30.0 Å². The number of thiazole rings is 1. The molecular weight excluding hydrogens is 523 g/mol. The molecule has 3 N–H and O–H groups in total. The molecule has 184 valence electrons. The van der Waals surface area contributed by atoms with Crippen molar-refractivity contribution in [2.75, 3.05) is 32.0 Å². The van der Waals surface area contributed by atoms with Crippen LogP contribution >= 0.6 is 46.3 Å². The molecule has 2 heterocycles. The van der Waals surface area contributed by atoms with Crippen LogP contribution in [0.1, 0.15) is 23.0 Å². The van der Waals surface area contributed by atoms with Crippen molar-refractivity contribution in [2.24, 2.45) is 0 Å². The number of amides is 2. The number of carboxylic acid groups (broad SMARTS) is 1. The van der Waals surface area contributed by atoms with Crippen molar-refractivity contribution in [3.8, 4) is 0 Å². The number of aromatic nitrogens is 1. The van der Waals surface area contributed by atoms with Crippen molar-refractivity contribution < 1.29 is 24.2 Å². The van der Waals surface area contributed by atoms with Crippen LogP contribution in [-0.2, 0) is 20.9 Å². The van der Waals surface area contributed by atoms with Crippen LogP contribution < -0.4 is 10.6 Å². The van der Waals surface area contributed by atoms with E-state index in [1.54, 1.807) is 6.07 Å². The minimum Gasteiger partial charge on any atom is -0.480 e. The largest absolute Gasteiger partial charge is 0.480 e. The molecule has 0 spiro atoms. The smallest absolute Gasteiger partial charge is 0.325 e. The Bertz CT molecular complexity index is 1040. The van der Waals surface area contributed by atoms with Crippen molar-refractivity contribution in [3.05, 3.63) is 44.9 Å². The summed E-state index contributed by atoms with van der Waals surface area (Å²) in [6.07, 6.45) is -0.128. The van der Waals surface area contributed by atoms with E-state index in [9.17, 15) is 14.4 Å². The average Bonchev–Trinajstić information content (AvgIpc) is 3.28. The first-order valence-corrected chi connectivity index (χ1v) is 13.0. The zero-order valence-electron chi connectivity index (χ0n) is 18.3. The van der Waals surface area contributed by atoms with Gasteiger partial charge >= 0.3 is 5.97 Å². The third-order valence-electron chi connectivity index (χ3n) is 4.90. The van der Waals surface area contributed by atoms with Gasteiger partial charge in [-0.05, 0) is 24.6 Å². The molecule has 1 aliphatic rings. The summed E-state index contributed by atoms with van der Waals surface area (Å²) in [4.78, 5) is 41.5. The van der Waals surface area contributed by atoms with Crippen molar-refractivity contribution >= 4 is 64.1 Å². The molecule has 34 heavy (non-hydrogen) atoms. The summed E-state index contributed by atoms with van der Waals surface area (Å²) in [7, 11) is 0. The van der Waals surface area contributed by atoms with Crippen LogP contribution in [0.25, 0.3) is 0 Å². The first-order valence-electron chi connectivity index (χ1n) is 10.4. The maximum Gasteiger partial charge on any atom is 0.325 e. The lowest BCUT2D eigenvalue weighted by molar-refractivity contribution is -0.138. The van der Waals surface area contributed by atoms with E-state index in [2.05, 4.69) is 20.5 Å². The standard InChI is InChI=1S/C21H24Cl2N4O5S2/c1-12(20(30)31)25-19(29)17-10-33-21(26-17)34-11-18(28)24-7-14-9-27(4-5-32-14)8-13-2-3-15(22)16(23)6-13/h2-3,6,10,12,14H,4-5,7-9,11H2,1H3,(H,24,28)(H,25,29)(H,30,31)/t12-,14?/m0/s1. The molecule has 0 bridgehead atoms. The highest BCUT2D eigenvalue weighted by atomic mass is 35.5. The fraction of sp³-hybridized carbons (Fsp3) is 0.429. The summed E-state index contributed by atoms with van der Waals surface area (Å²) >= 11 is 14.5. The Labute approximate surface area is 215 Å². The van der Waals surface area contributed by atoms with Gasteiger partial charge in [0.05, 0.1) is 28.5 Å². The van der Waals surface area contributed by atoms with Crippen LogP contribution in [0.15, 0.2) is 27.9 Å². The maximum absolute atomic E-state index is 12.3. The van der Waals surface area contributed by atoms with Crippen molar-refractivity contribution in [3.63, 3.8) is 0 Å². The number of carbonyl (C=O) groups is 3. The Morgan fingerprint density at radius 3 is 2.88 bits per heavy atom. The second-order valence-corrected chi connectivity index (χ2v) is 10.5. The number of rotatable bonds is 10. The summed E-state index contributed by atoms with van der Waals surface area (Å²) in [5.41, 5.74) is 1.18. The van der Waals surface area contributed by atoms with Crippen molar-refractivity contribution in [1.29, 1.82) is 0 Å². The van der Waals surface area contributed by atoms with Crippen LogP contribution in [-0.4, -0.2) is 76.9 Å². The fourth-order valence-electron chi connectivity index (χ4n) is 3.11. The first kappa shape index (κ1) is 26.7. The number of nitrogens with zero attached hydrogens (tertiary/aromatic N) is 2. The number of halogens is 2. The summed E-state index contributed by atoms with van der Waals surface area (Å²) in [6, 6.07) is 4.56. The fourth-order valence-corrected chi connectivity index (χ4v) is 5.07. The third kappa shape index (κ3) is 8.10. The molecule has 1 aromatic heterocycles. The number of ether oxygens (including phenoxy) is 1. The summed E-state index contributed by atoms with van der Waals surface area (Å²) in [5.74, 6) is -1.73. The van der Waals surface area contributed by atoms with E-state index < -0.39 is 17.9 Å². The molecule has 1 aromatic carbocycles. The van der Waals surface area contributed by atoms with Gasteiger partial charge in [0.1, 0.15) is 11.7 Å². The van der Waals surface area contributed by atoms with Gasteiger partial charge in [-0.3, -0.25) is 19.3 Å². The van der Waals surface area contributed by atoms with E-state index >= 15 is 0 Å². The normalized spacial score (nSPS) is 17.2. The van der Waals surface area contributed by atoms with Gasteiger partial charge in [-0.2, -0.15) is 0 Å². The van der Waals surface area contributed by atoms with E-state index in [1.807, 2.05) is 12.1 Å². The van der Waals surface area contributed by atoms with Crippen LogP contribution in [0, 0.1) is 0 Å². The Morgan fingerprint density at radius 1 is 1.35 bits per heavy atom. The number of thioether (sulfide) groups is 1. The molecule has 2 amide bonds. The zero-order valence-corrected chi connectivity index (χ0v) is 21.4. The van der Waals surface area contributed by atoms with E-state index in [-0.39, 0.29) is 23.5 Å². The first-order chi connectivity index (χ1) is 16.2. The second-order valence-electron chi connectivity index (χ2n) is 7.60. The predicted molar refractivity (Wildman–Crippen MR) is 132 cm³/mol. The topological polar surface area (TPSA) is 121 Å². The monoisotopic (exact) mass is 546 g/mol. The maximum atomic E-state index is 12.3. The minimum absolute atomic E-state index is 0.124. The lowest BCUT2D eigenvalue weighted by atomic mass is 10.2. The van der Waals surface area contributed by atoms with E-state index in [1.165, 1.54) is 35.4 Å². The number of benzene rings is 1. The highest BCUT2D eigenvalue weighted by molar-refractivity contribution is 8.01. The van der Waals surface area contributed by atoms with E-state index in [0.717, 1.165) is 12.1 Å². The molecule has 9 nitrogen and oxygen atoms in total. The quantitative estimate of drug-likeness (QED) is 0.389. The zero-order chi connectivity index (χ0) is 24.7. The molecule has 0 saturated carbocycles. The van der Waals surface area contributed by atoms with Gasteiger partial charge in [0, 0.05) is 31.6 Å². The van der Waals surface area contributed by atoms with Gasteiger partial charge < -0.3 is 20.5 Å². The second kappa shape index (κ2) is 12.7. The number of aliphatic carboxylic acids is 1. The predicted octanol–water partition coefficient (Wildman–Crippen LogP) is 2.76. The Hall–Kier alpha value is -1.89. The SMILES string of the molecule is C[C@H](NC(=O)c1csc(SCC(=O)NCC2CN(Cc3ccc(Cl)c(Cl)c3)CCO2)n1)C(=O)O. The molecular formula is C21H24Cl2N4O5S2. The van der Waals surface area contributed by atoms with Crippen LogP contribution in [0.4, 0.5) is 0 Å². The van der Waals surface area contributed by atoms with Gasteiger partial charge in [-0.1, -0.05) is 41.0 Å². The van der Waals surface area contributed by atoms with Crippen molar-refractivity contribution in [1.82, 2.24) is 20.5 Å². The van der Waals surface area contributed by atoms with Crippen LogP contribution in [0.3, 0.4) is 0 Å². The highest BCUT2D eigenvalue weighted by Crippen LogP contribution is 2.24. The Morgan fingerprint density at radius 2 is 2.15 bits per heavy atom. The highest BCUT2D eigenvalue weighted by Gasteiger charge is 2.22. The van der Waals surface area contributed by atoms with Gasteiger partial charge in [0.2, 0.25) is 5.91 Å². The molecule has 1 saturated heterocycles. The third-order valence-corrected chi connectivity index (χ3v) is 7.66. The summed E-state index contributed by atoms with van der Waals surface area (Å²) in [6.45, 7) is 4.50. The molecule has 1 aliphatic heterocycles. The van der Waals surface area contributed by atoms with Crippen LogP contribution in [0.2, 0.25) is 10.0 Å². The Kier molecular flexibility index (Phi) is 9.98. The molecule has 0 aliphatic carbocycles. The number of nitrogens with one attached hydrogen (secondary N) is 2. The molecule has 0 radical (unpaired) electrons. The molecule has 2 atom stereocenters. The number of hydrogen-bond acceptors (Lipinski definition) is 8. The molecule has 2 aromatic rings. The molecule has 13 heteroatoms. The minimum atomic E-state index is -1.13. The lowest BCUT2D eigenvalue weighted by Crippen LogP contribution is -2.47. The number of carboxylic acids is 1. The van der Waals surface area contributed by atoms with E-state index in [0.29, 0.717) is 40.6 Å². The van der Waals surface area contributed by atoms with Crippen LogP contribution in [0.5, 0.6) is 0 Å². The van der Waals surface area contributed by atoms with E-state index in [4.69, 9.17) is 33.0 Å². The summed E-state index contributed by atoms with van der Waals surface area (Å²) in [5, 5.41) is 16.7. The lowest BCUT2D eigenvalue weighted by Gasteiger charge is -2.33. The van der Waals surface area contributed by atoms with Gasteiger partial charge in [0.15, 0.2) is 4.34 Å². The number of carbonyl (C=O) groups excluding carboxylic acids is 2. The van der Waals surface area contributed by atoms with Gasteiger partial charge in [0.25, 0.3) is 5.91 Å².